The first-order valence-corrected chi connectivity index (χ1v) is 6.20. The molecule has 0 aliphatic heterocycles. The van der Waals surface area contributed by atoms with Crippen LogP contribution in [0, 0.1) is 17.5 Å². The van der Waals surface area contributed by atoms with Gasteiger partial charge in [-0.15, -0.1) is 11.3 Å². The summed E-state index contributed by atoms with van der Waals surface area (Å²) in [7, 11) is 1.68. The van der Waals surface area contributed by atoms with Gasteiger partial charge in [0.2, 0.25) is 0 Å². The van der Waals surface area contributed by atoms with Gasteiger partial charge in [-0.05, 0) is 24.7 Å². The van der Waals surface area contributed by atoms with Gasteiger partial charge in [0.05, 0.1) is 5.01 Å². The standard InChI is InChI=1S/C12H11F3N2S/c1-16-10(6-11-17-2-3-18-11)7-4-8(13)12(15)9(14)5-7/h2-5,10,16H,6H2,1H3. The van der Waals surface area contributed by atoms with Crippen molar-refractivity contribution in [2.45, 2.75) is 12.5 Å². The number of nitrogens with one attached hydrogen (secondary N) is 1. The zero-order chi connectivity index (χ0) is 13.1. The Labute approximate surface area is 106 Å². The van der Waals surface area contributed by atoms with Gasteiger partial charge >= 0.3 is 0 Å². The molecule has 2 nitrogen and oxygen atoms in total. The van der Waals surface area contributed by atoms with Gasteiger partial charge in [0.25, 0.3) is 0 Å². The Kier molecular flexibility index (Phi) is 3.98. The molecule has 2 aromatic rings. The fourth-order valence-corrected chi connectivity index (χ4v) is 2.35. The normalized spacial score (nSPS) is 12.7. The van der Waals surface area contributed by atoms with Crippen LogP contribution in [-0.2, 0) is 6.42 Å². The quantitative estimate of drug-likeness (QED) is 0.865. The Morgan fingerprint density at radius 3 is 2.44 bits per heavy atom. The highest BCUT2D eigenvalue weighted by Crippen LogP contribution is 2.23. The summed E-state index contributed by atoms with van der Waals surface area (Å²) in [6.07, 6.45) is 2.16. The average molecular weight is 272 g/mol. The maximum Gasteiger partial charge on any atom is 0.194 e. The van der Waals surface area contributed by atoms with Gasteiger partial charge in [-0.2, -0.15) is 0 Å². The lowest BCUT2D eigenvalue weighted by Gasteiger charge is -2.15. The second kappa shape index (κ2) is 5.49. The molecule has 1 N–H and O–H groups in total. The minimum atomic E-state index is -1.44. The lowest BCUT2D eigenvalue weighted by molar-refractivity contribution is 0.441. The molecule has 0 saturated heterocycles. The Hall–Kier alpha value is -1.40. The smallest absolute Gasteiger partial charge is 0.194 e. The summed E-state index contributed by atoms with van der Waals surface area (Å²) in [5, 5.41) is 5.62. The van der Waals surface area contributed by atoms with Crippen LogP contribution in [0.2, 0.25) is 0 Å². The first-order valence-electron chi connectivity index (χ1n) is 5.32. The molecule has 1 atom stereocenters. The van der Waals surface area contributed by atoms with Crippen molar-refractivity contribution < 1.29 is 13.2 Å². The summed E-state index contributed by atoms with van der Waals surface area (Å²) in [6, 6.07) is 1.71. The highest BCUT2D eigenvalue weighted by molar-refractivity contribution is 7.09. The number of nitrogens with zero attached hydrogens (tertiary/aromatic N) is 1. The Morgan fingerprint density at radius 1 is 1.28 bits per heavy atom. The molecule has 0 aliphatic carbocycles. The molecule has 2 rings (SSSR count). The van der Waals surface area contributed by atoms with Crippen molar-refractivity contribution in [1.29, 1.82) is 0 Å². The van der Waals surface area contributed by atoms with Gasteiger partial charge in [-0.3, -0.25) is 0 Å². The summed E-state index contributed by atoms with van der Waals surface area (Å²) < 4.78 is 39.2. The van der Waals surface area contributed by atoms with Crippen LogP contribution in [0.3, 0.4) is 0 Å². The van der Waals surface area contributed by atoms with E-state index in [1.54, 1.807) is 13.2 Å². The molecule has 1 aromatic carbocycles. The zero-order valence-corrected chi connectivity index (χ0v) is 10.4. The van der Waals surface area contributed by atoms with E-state index in [0.29, 0.717) is 12.0 Å². The third kappa shape index (κ3) is 2.70. The molecule has 0 saturated carbocycles. The van der Waals surface area contributed by atoms with E-state index < -0.39 is 17.5 Å². The van der Waals surface area contributed by atoms with E-state index in [0.717, 1.165) is 17.1 Å². The van der Waals surface area contributed by atoms with Gasteiger partial charge in [-0.25, -0.2) is 18.2 Å². The van der Waals surface area contributed by atoms with Crippen molar-refractivity contribution >= 4 is 11.3 Å². The van der Waals surface area contributed by atoms with E-state index in [1.807, 2.05) is 5.38 Å². The Bertz CT molecular complexity index is 505. The molecule has 18 heavy (non-hydrogen) atoms. The van der Waals surface area contributed by atoms with E-state index in [-0.39, 0.29) is 6.04 Å². The van der Waals surface area contributed by atoms with Gasteiger partial charge in [0.15, 0.2) is 17.5 Å². The van der Waals surface area contributed by atoms with E-state index in [9.17, 15) is 13.2 Å². The third-order valence-corrected chi connectivity index (χ3v) is 3.42. The number of halogens is 3. The van der Waals surface area contributed by atoms with Crippen LogP contribution in [-0.4, -0.2) is 12.0 Å². The second-order valence-electron chi connectivity index (χ2n) is 3.77. The number of hydrogen-bond donors (Lipinski definition) is 1. The molecule has 0 spiro atoms. The van der Waals surface area contributed by atoms with Crippen molar-refractivity contribution in [2.75, 3.05) is 7.05 Å². The van der Waals surface area contributed by atoms with Crippen molar-refractivity contribution in [1.82, 2.24) is 10.3 Å². The van der Waals surface area contributed by atoms with Crippen LogP contribution in [0.4, 0.5) is 13.2 Å². The molecule has 0 amide bonds. The average Bonchev–Trinajstić information content (AvgIpc) is 2.85. The first-order chi connectivity index (χ1) is 8.61. The van der Waals surface area contributed by atoms with E-state index >= 15 is 0 Å². The minimum Gasteiger partial charge on any atom is -0.313 e. The van der Waals surface area contributed by atoms with Crippen LogP contribution >= 0.6 is 11.3 Å². The van der Waals surface area contributed by atoms with E-state index in [1.165, 1.54) is 11.3 Å². The molecule has 0 fully saturated rings. The molecule has 1 unspecified atom stereocenters. The minimum absolute atomic E-state index is 0.305. The summed E-state index contributed by atoms with van der Waals surface area (Å²) >= 11 is 1.46. The summed E-state index contributed by atoms with van der Waals surface area (Å²) in [5.74, 6) is -3.79. The van der Waals surface area contributed by atoms with E-state index in [2.05, 4.69) is 10.3 Å². The van der Waals surface area contributed by atoms with Crippen molar-refractivity contribution in [2.24, 2.45) is 0 Å². The summed E-state index contributed by atoms with van der Waals surface area (Å²) in [5.41, 5.74) is 0.365. The molecule has 0 radical (unpaired) electrons. The molecule has 1 aromatic heterocycles. The van der Waals surface area contributed by atoms with Crippen LogP contribution in [0.15, 0.2) is 23.7 Å². The number of thiazole rings is 1. The first kappa shape index (κ1) is 13.0. The van der Waals surface area contributed by atoms with Gasteiger partial charge < -0.3 is 5.32 Å². The zero-order valence-electron chi connectivity index (χ0n) is 9.58. The fraction of sp³-hybridized carbons (Fsp3) is 0.250. The van der Waals surface area contributed by atoms with Crippen molar-refractivity contribution in [3.8, 4) is 0 Å². The van der Waals surface area contributed by atoms with E-state index in [4.69, 9.17) is 0 Å². The highest BCUT2D eigenvalue weighted by atomic mass is 32.1. The van der Waals surface area contributed by atoms with Crippen LogP contribution in [0.1, 0.15) is 16.6 Å². The largest absolute Gasteiger partial charge is 0.313 e. The van der Waals surface area contributed by atoms with Crippen molar-refractivity contribution in [3.63, 3.8) is 0 Å². The lowest BCUT2D eigenvalue weighted by atomic mass is 10.0. The lowest BCUT2D eigenvalue weighted by Crippen LogP contribution is -2.19. The van der Waals surface area contributed by atoms with Crippen LogP contribution in [0.5, 0.6) is 0 Å². The Morgan fingerprint density at radius 2 is 1.94 bits per heavy atom. The van der Waals surface area contributed by atoms with Crippen molar-refractivity contribution in [3.05, 3.63) is 51.7 Å². The predicted octanol–water partition coefficient (Wildman–Crippen LogP) is 3.06. The SMILES string of the molecule is CNC(Cc1nccs1)c1cc(F)c(F)c(F)c1. The van der Waals surface area contributed by atoms with Crippen LogP contribution in [0.25, 0.3) is 0 Å². The van der Waals surface area contributed by atoms with Crippen LogP contribution < -0.4 is 5.32 Å². The number of benzene rings is 1. The van der Waals surface area contributed by atoms with Gasteiger partial charge in [0, 0.05) is 24.0 Å². The Balaban J connectivity index is 2.27. The monoisotopic (exact) mass is 272 g/mol. The molecule has 0 bridgehead atoms. The molecular formula is C12H11F3N2S. The summed E-state index contributed by atoms with van der Waals surface area (Å²) in [4.78, 5) is 4.11. The molecule has 6 heteroatoms. The summed E-state index contributed by atoms with van der Waals surface area (Å²) in [6.45, 7) is 0. The maximum atomic E-state index is 13.2. The molecule has 1 heterocycles. The predicted molar refractivity (Wildman–Crippen MR) is 63.9 cm³/mol. The highest BCUT2D eigenvalue weighted by Gasteiger charge is 2.17. The third-order valence-electron chi connectivity index (χ3n) is 2.62. The fourth-order valence-electron chi connectivity index (χ4n) is 1.69. The molecular weight excluding hydrogens is 261 g/mol. The molecule has 0 aliphatic rings. The topological polar surface area (TPSA) is 24.9 Å². The number of hydrogen-bond acceptors (Lipinski definition) is 3. The van der Waals surface area contributed by atoms with Gasteiger partial charge in [-0.1, -0.05) is 0 Å². The number of aromatic nitrogens is 1. The number of likely N-dealkylation sites (N-methyl/N-ethyl adjacent to an activating group) is 1. The molecule has 96 valence electrons. The second-order valence-corrected chi connectivity index (χ2v) is 4.75. The van der Waals surface area contributed by atoms with Gasteiger partial charge in [0.1, 0.15) is 0 Å². The maximum absolute atomic E-state index is 13.2. The number of rotatable bonds is 4.